The number of nitrogens with one attached hydrogen (secondary N) is 1. The second-order valence-corrected chi connectivity index (χ2v) is 5.85. The highest BCUT2D eigenvalue weighted by Crippen LogP contribution is 2.25. The van der Waals surface area contributed by atoms with Gasteiger partial charge in [-0.3, -0.25) is 4.79 Å². The van der Waals surface area contributed by atoms with Crippen LogP contribution in [-0.4, -0.2) is 23.2 Å². The van der Waals surface area contributed by atoms with Gasteiger partial charge in [-0.15, -0.1) is 0 Å². The molecule has 6 heteroatoms. The predicted octanol–water partition coefficient (Wildman–Crippen LogP) is 3.56. The van der Waals surface area contributed by atoms with E-state index < -0.39 is 17.8 Å². The van der Waals surface area contributed by atoms with E-state index in [1.165, 1.54) is 6.07 Å². The molecule has 1 fully saturated rings. The van der Waals surface area contributed by atoms with E-state index in [2.05, 4.69) is 5.32 Å². The monoisotopic (exact) mass is 319 g/mol. The number of aliphatic hydroxyl groups is 1. The smallest absolute Gasteiger partial charge is 0.253 e. The van der Waals surface area contributed by atoms with Crippen LogP contribution in [0.2, 0.25) is 10.0 Å². The van der Waals surface area contributed by atoms with Crippen molar-refractivity contribution in [3.05, 3.63) is 33.6 Å². The van der Waals surface area contributed by atoms with Crippen LogP contribution in [0, 0.1) is 5.82 Å². The summed E-state index contributed by atoms with van der Waals surface area (Å²) < 4.78 is 13.4. The number of carbonyl (C=O) groups excluding carboxylic acids is 1. The van der Waals surface area contributed by atoms with Crippen molar-refractivity contribution in [2.75, 3.05) is 0 Å². The van der Waals surface area contributed by atoms with E-state index in [9.17, 15) is 14.3 Å². The van der Waals surface area contributed by atoms with Crippen molar-refractivity contribution in [1.82, 2.24) is 5.32 Å². The molecule has 1 aromatic rings. The molecule has 0 radical (unpaired) electrons. The number of rotatable bonds is 2. The Balaban J connectivity index is 2.13. The van der Waals surface area contributed by atoms with E-state index in [1.54, 1.807) is 0 Å². The van der Waals surface area contributed by atoms with Gasteiger partial charge in [-0.05, 0) is 25.0 Å². The molecule has 110 valence electrons. The summed E-state index contributed by atoms with van der Waals surface area (Å²) in [7, 11) is 0. The van der Waals surface area contributed by atoms with Gasteiger partial charge >= 0.3 is 0 Å². The summed E-state index contributed by atoms with van der Waals surface area (Å²) in [5, 5.41) is 12.7. The van der Waals surface area contributed by atoms with E-state index in [-0.39, 0.29) is 21.7 Å². The second-order valence-electron chi connectivity index (χ2n) is 5.03. The van der Waals surface area contributed by atoms with Crippen molar-refractivity contribution in [1.29, 1.82) is 0 Å². The second kappa shape index (κ2) is 6.74. The highest BCUT2D eigenvalue weighted by atomic mass is 35.5. The summed E-state index contributed by atoms with van der Waals surface area (Å²) in [6.45, 7) is 0. The van der Waals surface area contributed by atoms with E-state index in [0.29, 0.717) is 12.8 Å². The lowest BCUT2D eigenvalue weighted by Crippen LogP contribution is -2.42. The van der Waals surface area contributed by atoms with E-state index >= 15 is 0 Å². The molecular formula is C14H16Cl2FNO2. The van der Waals surface area contributed by atoms with Gasteiger partial charge in [-0.2, -0.15) is 0 Å². The van der Waals surface area contributed by atoms with Gasteiger partial charge in [0.2, 0.25) is 0 Å². The van der Waals surface area contributed by atoms with Crippen LogP contribution in [0.15, 0.2) is 12.1 Å². The minimum absolute atomic E-state index is 0.0324. The zero-order chi connectivity index (χ0) is 14.7. The first-order chi connectivity index (χ1) is 9.49. The molecule has 1 aromatic carbocycles. The third kappa shape index (κ3) is 3.62. The minimum Gasteiger partial charge on any atom is -0.391 e. The molecule has 0 aromatic heterocycles. The Morgan fingerprint density at radius 3 is 2.65 bits per heavy atom. The fourth-order valence-corrected chi connectivity index (χ4v) is 2.87. The predicted molar refractivity (Wildman–Crippen MR) is 76.8 cm³/mol. The van der Waals surface area contributed by atoms with E-state index in [0.717, 1.165) is 25.3 Å². The molecule has 0 bridgehead atoms. The van der Waals surface area contributed by atoms with Crippen LogP contribution >= 0.6 is 23.2 Å². The van der Waals surface area contributed by atoms with Gasteiger partial charge < -0.3 is 10.4 Å². The van der Waals surface area contributed by atoms with E-state index in [1.807, 2.05) is 0 Å². The SMILES string of the molecule is O=C(NC1CCCCCC1O)c1cc(F)c(Cl)cc1Cl. The Bertz CT molecular complexity index is 510. The first-order valence-corrected chi connectivity index (χ1v) is 7.38. The number of amides is 1. The van der Waals surface area contributed by atoms with Gasteiger partial charge in [0.1, 0.15) is 5.82 Å². The highest BCUT2D eigenvalue weighted by molar-refractivity contribution is 6.36. The minimum atomic E-state index is -0.692. The molecule has 1 aliphatic rings. The van der Waals surface area contributed by atoms with Crippen LogP contribution in [0.1, 0.15) is 42.5 Å². The Morgan fingerprint density at radius 2 is 1.90 bits per heavy atom. The lowest BCUT2D eigenvalue weighted by atomic mass is 10.1. The molecule has 0 saturated heterocycles. The van der Waals surface area contributed by atoms with Crippen LogP contribution < -0.4 is 5.32 Å². The van der Waals surface area contributed by atoms with Gasteiger partial charge in [-0.1, -0.05) is 42.5 Å². The van der Waals surface area contributed by atoms with Gasteiger partial charge in [0.25, 0.3) is 5.91 Å². The standard InChI is InChI=1S/C14H16Cl2FNO2/c15-9-7-10(16)11(17)6-8(9)14(20)18-12-4-2-1-3-5-13(12)19/h6-7,12-13,19H,1-5H2,(H,18,20). The maximum Gasteiger partial charge on any atom is 0.253 e. The van der Waals surface area contributed by atoms with Crippen molar-refractivity contribution in [2.45, 2.75) is 44.2 Å². The zero-order valence-electron chi connectivity index (χ0n) is 10.8. The van der Waals surface area contributed by atoms with Crippen LogP contribution in [0.25, 0.3) is 0 Å². The molecule has 3 nitrogen and oxygen atoms in total. The summed E-state index contributed by atoms with van der Waals surface area (Å²) in [4.78, 5) is 12.1. The van der Waals surface area contributed by atoms with Crippen molar-refractivity contribution in [3.63, 3.8) is 0 Å². The molecule has 0 spiro atoms. The number of hydrogen-bond donors (Lipinski definition) is 2. The Labute approximate surface area is 127 Å². The van der Waals surface area contributed by atoms with E-state index in [4.69, 9.17) is 23.2 Å². The maximum absolute atomic E-state index is 13.4. The van der Waals surface area contributed by atoms with Gasteiger partial charge in [0.15, 0.2) is 0 Å². The van der Waals surface area contributed by atoms with Crippen molar-refractivity contribution >= 4 is 29.1 Å². The van der Waals surface area contributed by atoms with Gasteiger partial charge in [0.05, 0.1) is 27.8 Å². The first-order valence-electron chi connectivity index (χ1n) is 6.62. The average molecular weight is 320 g/mol. The third-order valence-corrected chi connectivity index (χ3v) is 4.15. The summed E-state index contributed by atoms with van der Waals surface area (Å²) in [6, 6.07) is 1.90. The average Bonchev–Trinajstić information content (AvgIpc) is 2.59. The maximum atomic E-state index is 13.4. The summed E-state index contributed by atoms with van der Waals surface area (Å²) in [5.41, 5.74) is 0.0324. The van der Waals surface area contributed by atoms with Crippen molar-refractivity contribution in [3.8, 4) is 0 Å². The van der Waals surface area contributed by atoms with Crippen LogP contribution in [0.4, 0.5) is 4.39 Å². The number of aliphatic hydroxyl groups excluding tert-OH is 1. The van der Waals surface area contributed by atoms with Gasteiger partial charge in [-0.25, -0.2) is 4.39 Å². The largest absolute Gasteiger partial charge is 0.391 e. The number of halogens is 3. The molecule has 20 heavy (non-hydrogen) atoms. The topological polar surface area (TPSA) is 49.3 Å². The zero-order valence-corrected chi connectivity index (χ0v) is 12.3. The molecule has 1 saturated carbocycles. The van der Waals surface area contributed by atoms with Crippen LogP contribution in [-0.2, 0) is 0 Å². The molecular weight excluding hydrogens is 304 g/mol. The fourth-order valence-electron chi connectivity index (χ4n) is 2.40. The lowest BCUT2D eigenvalue weighted by Gasteiger charge is -2.22. The quantitative estimate of drug-likeness (QED) is 0.647. The molecule has 0 heterocycles. The number of hydrogen-bond acceptors (Lipinski definition) is 2. The molecule has 1 aliphatic carbocycles. The summed E-state index contributed by atoms with van der Waals surface area (Å²) >= 11 is 11.5. The normalized spacial score (nSPS) is 23.2. The van der Waals surface area contributed by atoms with Crippen LogP contribution in [0.5, 0.6) is 0 Å². The summed E-state index contributed by atoms with van der Waals surface area (Å²) in [6.07, 6.45) is 3.74. The molecule has 2 N–H and O–H groups in total. The Kier molecular flexibility index (Phi) is 5.24. The number of carbonyl (C=O) groups is 1. The lowest BCUT2D eigenvalue weighted by molar-refractivity contribution is 0.0818. The van der Waals surface area contributed by atoms with Crippen molar-refractivity contribution in [2.24, 2.45) is 0 Å². The Hall–Kier alpha value is -0.840. The molecule has 0 aliphatic heterocycles. The van der Waals surface area contributed by atoms with Crippen LogP contribution in [0.3, 0.4) is 0 Å². The summed E-state index contributed by atoms with van der Waals surface area (Å²) in [5.74, 6) is -1.18. The third-order valence-electron chi connectivity index (χ3n) is 3.55. The first kappa shape index (κ1) is 15.5. The Morgan fingerprint density at radius 1 is 1.20 bits per heavy atom. The fraction of sp³-hybridized carbons (Fsp3) is 0.500. The molecule has 2 atom stereocenters. The van der Waals surface area contributed by atoms with Crippen molar-refractivity contribution < 1.29 is 14.3 Å². The number of benzene rings is 1. The van der Waals surface area contributed by atoms with Gasteiger partial charge in [0, 0.05) is 0 Å². The molecule has 1 amide bonds. The highest BCUT2D eigenvalue weighted by Gasteiger charge is 2.24. The molecule has 2 rings (SSSR count). The molecule has 2 unspecified atom stereocenters.